The lowest BCUT2D eigenvalue weighted by molar-refractivity contribution is -0.127. The number of guanidine groups is 1. The highest BCUT2D eigenvalue weighted by Crippen LogP contribution is 2.17. The van der Waals surface area contributed by atoms with Crippen molar-refractivity contribution in [2.45, 2.75) is 33.6 Å². The van der Waals surface area contributed by atoms with Crippen molar-refractivity contribution in [2.75, 3.05) is 73.1 Å². The molecule has 1 atom stereocenters. The minimum Gasteiger partial charge on any atom is -0.382 e. The largest absolute Gasteiger partial charge is 0.382 e. The Bertz CT molecular complexity index is 424. The van der Waals surface area contributed by atoms with Crippen LogP contribution in [0.15, 0.2) is 4.99 Å². The Labute approximate surface area is 159 Å². The molecule has 1 saturated heterocycles. The third-order valence-corrected chi connectivity index (χ3v) is 4.81. The number of rotatable bonds is 11. The van der Waals surface area contributed by atoms with Crippen LogP contribution in [0.3, 0.4) is 0 Å². The first-order valence-electron chi connectivity index (χ1n) is 10.0. The van der Waals surface area contributed by atoms with E-state index in [1.165, 1.54) is 6.42 Å². The third kappa shape index (κ3) is 8.36. The maximum absolute atomic E-state index is 11.9. The first-order valence-corrected chi connectivity index (χ1v) is 10.0. The summed E-state index contributed by atoms with van der Waals surface area (Å²) in [5.41, 5.74) is 0. The number of carbonyl (C=O) groups excluding carboxylic acids is 1. The summed E-state index contributed by atoms with van der Waals surface area (Å²) in [6.45, 7) is 14.3. The molecule has 0 radical (unpaired) electrons. The minimum atomic E-state index is 0.0255. The molecule has 1 N–H and O–H groups in total. The number of likely N-dealkylation sites (N-methyl/N-ethyl adjacent to an activating group) is 1. The van der Waals surface area contributed by atoms with Crippen LogP contribution in [-0.4, -0.2) is 99.7 Å². The van der Waals surface area contributed by atoms with Crippen molar-refractivity contribution in [1.29, 1.82) is 0 Å². The number of ether oxygens (including phenoxy) is 1. The van der Waals surface area contributed by atoms with Crippen molar-refractivity contribution in [3.63, 3.8) is 0 Å². The number of carbonyl (C=O) groups is 1. The highest BCUT2D eigenvalue weighted by atomic mass is 16.5. The molecule has 1 fully saturated rings. The molecule has 1 unspecified atom stereocenters. The lowest BCUT2D eigenvalue weighted by atomic mass is 10.1. The van der Waals surface area contributed by atoms with Crippen LogP contribution in [0.5, 0.6) is 0 Å². The smallest absolute Gasteiger partial charge is 0.243 e. The lowest BCUT2D eigenvalue weighted by Crippen LogP contribution is -2.42. The second kappa shape index (κ2) is 12.9. The van der Waals surface area contributed by atoms with E-state index in [1.54, 1.807) is 19.0 Å². The van der Waals surface area contributed by atoms with Gasteiger partial charge in [0.25, 0.3) is 0 Å². The highest BCUT2D eigenvalue weighted by molar-refractivity contribution is 5.85. The molecule has 1 aliphatic rings. The first-order chi connectivity index (χ1) is 12.5. The predicted octanol–water partition coefficient (Wildman–Crippen LogP) is 1.11. The van der Waals surface area contributed by atoms with E-state index < -0.39 is 0 Å². The van der Waals surface area contributed by atoms with Gasteiger partial charge in [0, 0.05) is 53.5 Å². The van der Waals surface area contributed by atoms with Crippen molar-refractivity contribution < 1.29 is 9.53 Å². The molecule has 26 heavy (non-hydrogen) atoms. The van der Waals surface area contributed by atoms with Gasteiger partial charge in [-0.1, -0.05) is 13.8 Å². The van der Waals surface area contributed by atoms with Gasteiger partial charge in [-0.2, -0.15) is 0 Å². The van der Waals surface area contributed by atoms with Gasteiger partial charge in [-0.05, 0) is 38.8 Å². The Kier molecular flexibility index (Phi) is 11.3. The average molecular weight is 370 g/mol. The highest BCUT2D eigenvalue weighted by Gasteiger charge is 2.26. The predicted molar refractivity (Wildman–Crippen MR) is 108 cm³/mol. The zero-order valence-corrected chi connectivity index (χ0v) is 17.5. The Balaban J connectivity index is 2.60. The number of nitrogens with zero attached hydrogens (tertiary/aromatic N) is 4. The van der Waals surface area contributed by atoms with Crippen LogP contribution in [0.25, 0.3) is 0 Å². The summed E-state index contributed by atoms with van der Waals surface area (Å²) < 4.78 is 5.40. The fourth-order valence-electron chi connectivity index (χ4n) is 3.09. The molecule has 7 nitrogen and oxygen atoms in total. The number of nitrogens with one attached hydrogen (secondary N) is 1. The average Bonchev–Trinajstić information content (AvgIpc) is 3.09. The standard InChI is InChI=1S/C19H39N5O2/c1-6-23(7-2)15-17-10-12-24(16-17)19(20-11-9-13-26-8-3)21-14-18(25)22(4)5/h17H,6-16H2,1-5H3,(H,20,21). The molecule has 0 aromatic rings. The van der Waals surface area contributed by atoms with Crippen LogP contribution in [0.4, 0.5) is 0 Å². The topological polar surface area (TPSA) is 60.4 Å². The number of hydrogen-bond acceptors (Lipinski definition) is 4. The summed E-state index contributed by atoms with van der Waals surface area (Å²) >= 11 is 0. The molecule has 1 rings (SSSR count). The SMILES string of the molecule is CCOCCCNC(=NCC(=O)N(C)C)N1CCC(CN(CC)CC)C1. The minimum absolute atomic E-state index is 0.0255. The van der Waals surface area contributed by atoms with Gasteiger partial charge in [0.2, 0.25) is 5.91 Å². The van der Waals surface area contributed by atoms with E-state index in [4.69, 9.17) is 4.74 Å². The summed E-state index contributed by atoms with van der Waals surface area (Å²) in [6, 6.07) is 0. The van der Waals surface area contributed by atoms with Crippen LogP contribution >= 0.6 is 0 Å². The van der Waals surface area contributed by atoms with Crippen molar-refractivity contribution in [3.05, 3.63) is 0 Å². The summed E-state index contributed by atoms with van der Waals surface area (Å²) in [4.78, 5) is 22.9. The molecule has 0 bridgehead atoms. The monoisotopic (exact) mass is 369 g/mol. The van der Waals surface area contributed by atoms with Gasteiger partial charge in [0.05, 0.1) is 0 Å². The molecule has 0 aromatic heterocycles. The Hall–Kier alpha value is -1.34. The van der Waals surface area contributed by atoms with Crippen LogP contribution in [0, 0.1) is 5.92 Å². The van der Waals surface area contributed by atoms with E-state index in [9.17, 15) is 4.79 Å². The van der Waals surface area contributed by atoms with Gasteiger partial charge in [-0.25, -0.2) is 4.99 Å². The molecule has 1 amide bonds. The molecular formula is C19H39N5O2. The normalized spacial score (nSPS) is 17.8. The van der Waals surface area contributed by atoms with E-state index in [-0.39, 0.29) is 12.5 Å². The summed E-state index contributed by atoms with van der Waals surface area (Å²) in [7, 11) is 3.53. The Morgan fingerprint density at radius 3 is 2.62 bits per heavy atom. The van der Waals surface area contributed by atoms with Gasteiger partial charge in [-0.3, -0.25) is 4.79 Å². The first kappa shape index (κ1) is 22.7. The summed E-state index contributed by atoms with van der Waals surface area (Å²) in [6.07, 6.45) is 2.11. The van der Waals surface area contributed by atoms with Crippen molar-refractivity contribution in [1.82, 2.24) is 20.0 Å². The fraction of sp³-hybridized carbons (Fsp3) is 0.895. The Morgan fingerprint density at radius 2 is 2.00 bits per heavy atom. The van der Waals surface area contributed by atoms with Crippen LogP contribution in [0.2, 0.25) is 0 Å². The quantitative estimate of drug-likeness (QED) is 0.336. The van der Waals surface area contributed by atoms with Gasteiger partial charge in [-0.15, -0.1) is 0 Å². The van der Waals surface area contributed by atoms with Gasteiger partial charge < -0.3 is 24.8 Å². The maximum Gasteiger partial charge on any atom is 0.243 e. The van der Waals surface area contributed by atoms with Gasteiger partial charge in [0.15, 0.2) is 5.96 Å². The summed E-state index contributed by atoms with van der Waals surface area (Å²) in [5, 5.41) is 3.43. The molecule has 0 aromatic carbocycles. The number of likely N-dealkylation sites (tertiary alicyclic amines) is 1. The van der Waals surface area contributed by atoms with E-state index in [1.807, 2.05) is 6.92 Å². The number of aliphatic imine (C=N–C) groups is 1. The van der Waals surface area contributed by atoms with Crippen LogP contribution in [-0.2, 0) is 9.53 Å². The molecule has 0 spiro atoms. The molecule has 1 aliphatic heterocycles. The zero-order valence-electron chi connectivity index (χ0n) is 17.5. The van der Waals surface area contributed by atoms with Crippen molar-refractivity contribution in [2.24, 2.45) is 10.9 Å². The number of hydrogen-bond donors (Lipinski definition) is 1. The van der Waals surface area contributed by atoms with E-state index in [0.29, 0.717) is 5.92 Å². The summed E-state index contributed by atoms with van der Waals surface area (Å²) in [5.74, 6) is 1.55. The van der Waals surface area contributed by atoms with Crippen molar-refractivity contribution >= 4 is 11.9 Å². The van der Waals surface area contributed by atoms with E-state index in [2.05, 4.69) is 34.0 Å². The molecular weight excluding hydrogens is 330 g/mol. The van der Waals surface area contributed by atoms with Gasteiger partial charge >= 0.3 is 0 Å². The fourth-order valence-corrected chi connectivity index (χ4v) is 3.09. The molecule has 152 valence electrons. The third-order valence-electron chi connectivity index (χ3n) is 4.81. The maximum atomic E-state index is 11.9. The molecule has 0 aliphatic carbocycles. The molecule has 1 heterocycles. The second-order valence-electron chi connectivity index (χ2n) is 6.99. The van der Waals surface area contributed by atoms with E-state index in [0.717, 1.165) is 64.9 Å². The lowest BCUT2D eigenvalue weighted by Gasteiger charge is -2.25. The van der Waals surface area contributed by atoms with Crippen molar-refractivity contribution in [3.8, 4) is 0 Å². The van der Waals surface area contributed by atoms with Crippen LogP contribution < -0.4 is 5.32 Å². The van der Waals surface area contributed by atoms with Crippen LogP contribution in [0.1, 0.15) is 33.6 Å². The number of amides is 1. The molecule has 0 saturated carbocycles. The Morgan fingerprint density at radius 1 is 1.27 bits per heavy atom. The van der Waals surface area contributed by atoms with E-state index >= 15 is 0 Å². The zero-order chi connectivity index (χ0) is 19.4. The molecule has 7 heteroatoms. The second-order valence-corrected chi connectivity index (χ2v) is 6.99. The van der Waals surface area contributed by atoms with Gasteiger partial charge in [0.1, 0.15) is 6.54 Å².